The maximum atomic E-state index is 12.3. The Morgan fingerprint density at radius 1 is 0.400 bits per heavy atom. The van der Waals surface area contributed by atoms with E-state index in [1.807, 2.05) is 115 Å². The molecule has 0 saturated carbocycles. The maximum absolute atomic E-state index is 12.3. The number of benzene rings is 8. The first kappa shape index (κ1) is 96.9. The average molecular weight is 1650 g/mol. The average Bonchev–Trinajstić information content (AvgIpc) is 0.873. The number of nitrogen functional groups attached to an aromatic ring is 1. The van der Waals surface area contributed by atoms with Gasteiger partial charge in [0.1, 0.15) is 107 Å². The fraction of sp³-hybridized carbons (Fsp3) is 0.299. The third-order valence-electron chi connectivity index (χ3n) is 14.3. The molecule has 0 aliphatic carbocycles. The third-order valence-corrected chi connectivity index (χ3v) is 14.3. The van der Waals surface area contributed by atoms with Gasteiger partial charge in [-0.3, -0.25) is 25.2 Å². The quantitative estimate of drug-likeness (QED) is 0.0157. The predicted octanol–water partition coefficient (Wildman–Crippen LogP) is 14.9. The minimum Gasteiger partial charge on any atom is -0.481 e. The van der Waals surface area contributed by atoms with Crippen molar-refractivity contribution in [3.05, 3.63) is 237 Å². The summed E-state index contributed by atoms with van der Waals surface area (Å²) in [6.07, 6.45) is -1.78. The van der Waals surface area contributed by atoms with E-state index in [0.29, 0.717) is 34.1 Å². The predicted molar refractivity (Wildman–Crippen MR) is 436 cm³/mol. The molecule has 0 spiro atoms. The number of nitro benzene ring substituents is 1. The van der Waals surface area contributed by atoms with Crippen LogP contribution in [0.25, 0.3) is 0 Å². The summed E-state index contributed by atoms with van der Waals surface area (Å²) in [7, 11) is 3.06. The standard InChI is InChI=1S/C22H24N2O5.C21H22N2O5.C18H16N2O5.C13H14N2O5.C13H16N2O3/c1-22(2,3)29-20(25)15-27-19-11-10-18(12-17(19)13-23)24(4)21(26)28-14-16-8-6-5-7-9-16;1-21(2,3)28-19(24)14-26-18-10-9-17(11-16(18)12-22)23-20(25)27-13-15-7-5-4-6-8-15;1-20(18(23)25-11-13-5-3-2-4-6-13)15-7-8-16(14(9-15)10-19)24-12-17(21)22;1-13(2,3)20-12(16)8-19-11-5-4-10(15(17)18)6-9(11)7-14;1-13(2,3)18-12(16)8-17-11-5-4-10(15)6-9(11)7-14/h5-12H,14-15H2,1-4H3;4-11H,13-14H2,1-3H3,(H,23,25);2-9H,11-12H2,1H3,(H,21,22);4-6H,8H2,1-3H3;4-6H,8,15H2,1-3H3. The van der Waals surface area contributed by atoms with E-state index in [4.69, 9.17) is 83.5 Å². The summed E-state index contributed by atoms with van der Waals surface area (Å²) in [5.74, 6) is -2.28. The Kier molecular flexibility index (Phi) is 38.3. The molecule has 33 heteroatoms. The summed E-state index contributed by atoms with van der Waals surface area (Å²) in [6.45, 7) is 19.6. The molecule has 628 valence electrons. The zero-order chi connectivity index (χ0) is 89.3. The molecule has 0 aliphatic heterocycles. The van der Waals surface area contributed by atoms with Crippen molar-refractivity contribution >= 4 is 76.6 Å². The van der Waals surface area contributed by atoms with Gasteiger partial charge in [0.05, 0.1) is 27.2 Å². The Morgan fingerprint density at radius 3 is 1.02 bits per heavy atom. The number of nitrogens with one attached hydrogen (secondary N) is 1. The number of ether oxygens (including phenoxy) is 12. The molecule has 0 atom stereocenters. The number of nitrogens with zero attached hydrogens (tertiary/aromatic N) is 8. The molecule has 4 N–H and O–H groups in total. The first-order chi connectivity index (χ1) is 56.5. The van der Waals surface area contributed by atoms with Crippen LogP contribution < -0.4 is 44.5 Å². The third kappa shape index (κ3) is 37.7. The van der Waals surface area contributed by atoms with E-state index in [0.717, 1.165) is 22.8 Å². The number of carboxylic acid groups (broad SMARTS) is 1. The second-order valence-electron chi connectivity index (χ2n) is 28.9. The summed E-state index contributed by atoms with van der Waals surface area (Å²) in [4.78, 5) is 106. The molecule has 8 rings (SSSR count). The van der Waals surface area contributed by atoms with Crippen LogP contribution in [0.5, 0.6) is 28.7 Å². The lowest BCUT2D eigenvalue weighted by Gasteiger charge is -2.20. The van der Waals surface area contributed by atoms with Gasteiger partial charge >= 0.3 is 48.1 Å². The molecule has 0 aromatic heterocycles. The molecular weight excluding hydrogens is 1550 g/mol. The summed E-state index contributed by atoms with van der Waals surface area (Å²) >= 11 is 0. The molecule has 3 amide bonds. The highest BCUT2D eigenvalue weighted by Crippen LogP contribution is 2.30. The number of carboxylic acids is 1. The SMILES string of the molecule is CC(C)(C)OC(=O)COc1ccc(N)cc1C#N.CC(C)(C)OC(=O)COc1ccc(NC(=O)OCc2ccccc2)cc1C#N.CC(C)(C)OC(=O)COc1ccc([N+](=O)[O-])cc1C#N.CN(C(=O)OCc1ccccc1)c1ccc(OCC(=O)O)c(C#N)c1.CN(C(=O)OCc1ccccc1)c1ccc(OCC(=O)OC(C)(C)C)c(C#N)c1. The fourth-order valence-corrected chi connectivity index (χ4v) is 9.20. The van der Waals surface area contributed by atoms with Gasteiger partial charge in [-0.15, -0.1) is 0 Å². The molecule has 0 bridgehead atoms. The molecule has 0 heterocycles. The molecule has 0 radical (unpaired) electrons. The van der Waals surface area contributed by atoms with Crippen molar-refractivity contribution in [1.29, 1.82) is 26.3 Å². The maximum Gasteiger partial charge on any atom is 0.414 e. The number of carbonyl (C=O) groups is 8. The zero-order valence-corrected chi connectivity index (χ0v) is 68.6. The molecule has 0 aliphatic rings. The monoisotopic (exact) mass is 1640 g/mol. The summed E-state index contributed by atoms with van der Waals surface area (Å²) in [6, 6.07) is 59.2. The smallest absolute Gasteiger partial charge is 0.414 e. The number of carbonyl (C=O) groups excluding carboxylic acids is 7. The normalized spacial score (nSPS) is 10.4. The van der Waals surface area contributed by atoms with E-state index < -0.39 is 82.1 Å². The molecule has 8 aromatic carbocycles. The van der Waals surface area contributed by atoms with Gasteiger partial charge in [-0.25, -0.2) is 38.4 Å². The van der Waals surface area contributed by atoms with Crippen LogP contribution in [0.4, 0.5) is 42.8 Å². The van der Waals surface area contributed by atoms with Crippen molar-refractivity contribution in [3.63, 3.8) is 0 Å². The number of non-ortho nitro benzene ring substituents is 1. The van der Waals surface area contributed by atoms with Gasteiger partial charge in [-0.1, -0.05) is 91.0 Å². The highest BCUT2D eigenvalue weighted by Gasteiger charge is 2.24. The summed E-state index contributed by atoms with van der Waals surface area (Å²) < 4.78 is 62.3. The van der Waals surface area contributed by atoms with E-state index in [2.05, 4.69) is 5.32 Å². The Balaban J connectivity index is 0.000000319. The van der Waals surface area contributed by atoms with Crippen LogP contribution in [0.1, 0.15) is 128 Å². The van der Waals surface area contributed by atoms with Gasteiger partial charge in [-0.05, 0) is 179 Å². The number of hydrogen-bond donors (Lipinski definition) is 3. The van der Waals surface area contributed by atoms with Crippen molar-refractivity contribution in [1.82, 2.24) is 0 Å². The molecule has 0 unspecified atom stereocenters. The number of aliphatic carboxylic acids is 1. The van der Waals surface area contributed by atoms with E-state index in [1.165, 1.54) is 71.4 Å². The number of hydrogen-bond acceptors (Lipinski definition) is 28. The number of rotatable bonds is 25. The lowest BCUT2D eigenvalue weighted by Crippen LogP contribution is -2.28. The van der Waals surface area contributed by atoms with Gasteiger partial charge < -0.3 is 67.7 Å². The Morgan fingerprint density at radius 2 is 0.692 bits per heavy atom. The highest BCUT2D eigenvalue weighted by atomic mass is 16.6. The largest absolute Gasteiger partial charge is 0.481 e. The summed E-state index contributed by atoms with van der Waals surface area (Å²) in [5.41, 5.74) is 8.00. The Labute approximate surface area is 694 Å². The van der Waals surface area contributed by atoms with E-state index in [-0.39, 0.29) is 97.2 Å². The number of nitrogens with two attached hydrogens (primary N) is 1. The minimum absolute atomic E-state index is 0.0113. The van der Waals surface area contributed by atoms with Crippen molar-refractivity contribution in [2.45, 2.75) is 125 Å². The van der Waals surface area contributed by atoms with Gasteiger partial charge in [0.2, 0.25) is 0 Å². The van der Waals surface area contributed by atoms with Crippen LogP contribution in [0.3, 0.4) is 0 Å². The van der Waals surface area contributed by atoms with Gasteiger partial charge in [0.15, 0.2) is 33.0 Å². The van der Waals surface area contributed by atoms with Gasteiger partial charge in [0.25, 0.3) is 5.69 Å². The van der Waals surface area contributed by atoms with Crippen molar-refractivity contribution in [2.75, 3.05) is 68.0 Å². The van der Waals surface area contributed by atoms with Crippen LogP contribution in [-0.2, 0) is 77.0 Å². The topological polar surface area (TPSA) is 474 Å². The second-order valence-corrected chi connectivity index (χ2v) is 28.9. The molecule has 120 heavy (non-hydrogen) atoms. The van der Waals surface area contributed by atoms with Crippen LogP contribution in [-0.4, -0.2) is 128 Å². The van der Waals surface area contributed by atoms with Crippen molar-refractivity contribution in [3.8, 4) is 59.1 Å². The van der Waals surface area contributed by atoms with Crippen LogP contribution >= 0.6 is 0 Å². The minimum atomic E-state index is -1.14. The molecule has 33 nitrogen and oxygen atoms in total. The van der Waals surface area contributed by atoms with E-state index >= 15 is 0 Å². The lowest BCUT2D eigenvalue weighted by molar-refractivity contribution is -0.384. The number of nitro groups is 1. The van der Waals surface area contributed by atoms with Gasteiger partial charge in [-0.2, -0.15) is 26.3 Å². The molecule has 8 aromatic rings. The number of anilines is 4. The van der Waals surface area contributed by atoms with E-state index in [9.17, 15) is 59.0 Å². The highest BCUT2D eigenvalue weighted by molar-refractivity contribution is 5.89. The molecule has 0 saturated heterocycles. The number of amides is 3. The molecule has 0 fully saturated rings. The number of esters is 4. The number of nitriles is 5. The van der Waals surface area contributed by atoms with Crippen LogP contribution in [0, 0.1) is 66.8 Å². The molecular formula is C87H92N10O23. The van der Waals surface area contributed by atoms with Crippen molar-refractivity contribution < 1.29 is 105 Å². The second kappa shape index (κ2) is 47.4. The summed E-state index contributed by atoms with van der Waals surface area (Å²) in [5, 5.41) is 67.4. The van der Waals surface area contributed by atoms with Crippen molar-refractivity contribution in [2.24, 2.45) is 0 Å². The lowest BCUT2D eigenvalue weighted by atomic mass is 10.2. The van der Waals surface area contributed by atoms with Crippen LogP contribution in [0.2, 0.25) is 0 Å². The van der Waals surface area contributed by atoms with E-state index in [1.54, 1.807) is 127 Å². The Hall–Kier alpha value is -15.4. The fourth-order valence-electron chi connectivity index (χ4n) is 9.20. The van der Waals surface area contributed by atoms with Gasteiger partial charge in [0, 0.05) is 49.0 Å². The zero-order valence-electron chi connectivity index (χ0n) is 68.6. The Bertz CT molecular complexity index is 5060. The first-order valence-corrected chi connectivity index (χ1v) is 36.2. The van der Waals surface area contributed by atoms with Crippen LogP contribution in [0.15, 0.2) is 182 Å². The first-order valence-electron chi connectivity index (χ1n) is 36.2.